The molecular weight excluding hydrogens is 467 g/mol. The molecule has 1 aromatic rings. The number of hydrogen-bond acceptors (Lipinski definition) is 4. The van der Waals surface area contributed by atoms with E-state index in [1.165, 1.54) is 24.0 Å². The summed E-state index contributed by atoms with van der Waals surface area (Å²) in [4.78, 5) is 6.75. The van der Waals surface area contributed by atoms with Gasteiger partial charge in [0.2, 0.25) is 0 Å². The lowest BCUT2D eigenvalue weighted by Crippen LogP contribution is -2.37. The number of hydrogen-bond donors (Lipinski definition) is 2. The van der Waals surface area contributed by atoms with Gasteiger partial charge in [0.1, 0.15) is 0 Å². The highest BCUT2D eigenvalue weighted by molar-refractivity contribution is 14.0. The first kappa shape index (κ1) is 23.4. The molecule has 1 aromatic carbocycles. The molecule has 1 aliphatic carbocycles. The molecule has 0 aromatic heterocycles. The molecule has 7 heteroatoms. The van der Waals surface area contributed by atoms with Crippen LogP contribution in [0.4, 0.5) is 0 Å². The third-order valence-electron chi connectivity index (χ3n) is 4.99. The summed E-state index contributed by atoms with van der Waals surface area (Å²) in [7, 11) is 1.81. The van der Waals surface area contributed by atoms with E-state index in [9.17, 15) is 0 Å². The van der Waals surface area contributed by atoms with Gasteiger partial charge in [-0.25, -0.2) is 0 Å². The zero-order chi connectivity index (χ0) is 18.7. The van der Waals surface area contributed by atoms with Crippen molar-refractivity contribution in [2.45, 2.75) is 32.4 Å². The van der Waals surface area contributed by atoms with Crippen LogP contribution in [0, 0.1) is 5.92 Å². The fourth-order valence-corrected chi connectivity index (χ4v) is 3.18. The summed E-state index contributed by atoms with van der Waals surface area (Å²) in [5.74, 6) is 1.68. The van der Waals surface area contributed by atoms with E-state index in [-0.39, 0.29) is 24.0 Å². The van der Waals surface area contributed by atoms with Crippen LogP contribution in [-0.4, -0.2) is 64.0 Å². The fraction of sp³-hybridized carbons (Fsp3) is 0.667. The van der Waals surface area contributed by atoms with Crippen molar-refractivity contribution in [3.63, 3.8) is 0 Å². The zero-order valence-electron chi connectivity index (χ0n) is 17.0. The van der Waals surface area contributed by atoms with Crippen molar-refractivity contribution in [1.29, 1.82) is 0 Å². The molecule has 0 unspecified atom stereocenters. The topological polar surface area (TPSA) is 58.1 Å². The van der Waals surface area contributed by atoms with Gasteiger partial charge < -0.3 is 20.1 Å². The smallest absolute Gasteiger partial charge is 0.191 e. The molecular formula is C21H35IN4O2. The van der Waals surface area contributed by atoms with Crippen LogP contribution in [0.25, 0.3) is 0 Å². The number of halogens is 1. The average molecular weight is 502 g/mol. The van der Waals surface area contributed by atoms with E-state index >= 15 is 0 Å². The largest absolute Gasteiger partial charge is 0.381 e. The van der Waals surface area contributed by atoms with Crippen LogP contribution in [0.2, 0.25) is 0 Å². The second-order valence-corrected chi connectivity index (χ2v) is 7.43. The normalized spacial score (nSPS) is 17.8. The summed E-state index contributed by atoms with van der Waals surface area (Å²) >= 11 is 0. The number of ether oxygens (including phenoxy) is 2. The van der Waals surface area contributed by atoms with E-state index in [0.717, 1.165) is 77.4 Å². The van der Waals surface area contributed by atoms with Gasteiger partial charge in [0.05, 0.1) is 13.2 Å². The molecule has 6 nitrogen and oxygen atoms in total. The number of nitrogens with zero attached hydrogens (tertiary/aromatic N) is 2. The first-order valence-electron chi connectivity index (χ1n) is 10.2. The second-order valence-electron chi connectivity index (χ2n) is 7.43. The summed E-state index contributed by atoms with van der Waals surface area (Å²) in [6.07, 6.45) is 3.70. The highest BCUT2D eigenvalue weighted by Crippen LogP contribution is 2.28. The maximum atomic E-state index is 5.67. The number of benzene rings is 1. The van der Waals surface area contributed by atoms with Crippen LogP contribution in [0.3, 0.4) is 0 Å². The van der Waals surface area contributed by atoms with E-state index in [0.29, 0.717) is 0 Å². The lowest BCUT2D eigenvalue weighted by Gasteiger charge is -2.26. The third-order valence-corrected chi connectivity index (χ3v) is 4.99. The summed E-state index contributed by atoms with van der Waals surface area (Å²) < 4.78 is 11.1. The minimum absolute atomic E-state index is 0. The van der Waals surface area contributed by atoms with Crippen LogP contribution < -0.4 is 10.6 Å². The van der Waals surface area contributed by atoms with Crippen molar-refractivity contribution in [2.75, 3.05) is 53.1 Å². The number of aliphatic imine (C=N–C) groups is 1. The van der Waals surface area contributed by atoms with Crippen molar-refractivity contribution < 1.29 is 9.47 Å². The van der Waals surface area contributed by atoms with Gasteiger partial charge >= 0.3 is 0 Å². The van der Waals surface area contributed by atoms with Crippen LogP contribution in [0.1, 0.15) is 30.4 Å². The van der Waals surface area contributed by atoms with E-state index in [1.54, 1.807) is 0 Å². The Balaban J connectivity index is 0.00000280. The molecule has 1 heterocycles. The first-order chi connectivity index (χ1) is 13.3. The molecule has 1 saturated carbocycles. The molecule has 2 aliphatic rings. The van der Waals surface area contributed by atoms with Crippen LogP contribution >= 0.6 is 24.0 Å². The zero-order valence-corrected chi connectivity index (χ0v) is 19.3. The minimum Gasteiger partial charge on any atom is -0.381 e. The first-order valence-corrected chi connectivity index (χ1v) is 10.2. The Bertz CT molecular complexity index is 590. The number of morpholine rings is 1. The molecule has 1 saturated heterocycles. The SMILES string of the molecule is CN=C(NCCCOCC1CC1)NCc1cccc(CN2CCOCC2)c1.I. The lowest BCUT2D eigenvalue weighted by molar-refractivity contribution is 0.0342. The molecule has 0 radical (unpaired) electrons. The quantitative estimate of drug-likeness (QED) is 0.223. The Kier molecular flexibility index (Phi) is 11.1. The van der Waals surface area contributed by atoms with Gasteiger partial charge in [-0.3, -0.25) is 9.89 Å². The molecule has 2 N–H and O–H groups in total. The molecule has 0 bridgehead atoms. The fourth-order valence-electron chi connectivity index (χ4n) is 3.18. The standard InChI is InChI=1S/C21H34N4O2.HI/c1-22-21(23-8-3-11-27-17-18-6-7-18)24-15-19-4-2-5-20(14-19)16-25-9-12-26-13-10-25;/h2,4-5,14,18H,3,6-13,15-17H2,1H3,(H2,22,23,24);1H. The molecule has 1 aliphatic heterocycles. The van der Waals surface area contributed by atoms with Gasteiger partial charge in [-0.15, -0.1) is 24.0 Å². The van der Waals surface area contributed by atoms with Gasteiger partial charge in [-0.1, -0.05) is 24.3 Å². The van der Waals surface area contributed by atoms with Crippen molar-refractivity contribution in [1.82, 2.24) is 15.5 Å². The maximum absolute atomic E-state index is 5.67. The Morgan fingerprint density at radius 2 is 2.00 bits per heavy atom. The van der Waals surface area contributed by atoms with Crippen LogP contribution in [-0.2, 0) is 22.6 Å². The van der Waals surface area contributed by atoms with Crippen LogP contribution in [0.5, 0.6) is 0 Å². The molecule has 3 rings (SSSR count). The third kappa shape index (κ3) is 9.07. The van der Waals surface area contributed by atoms with Gasteiger partial charge in [0, 0.05) is 53.0 Å². The monoisotopic (exact) mass is 502 g/mol. The Labute approximate surface area is 186 Å². The molecule has 158 valence electrons. The highest BCUT2D eigenvalue weighted by atomic mass is 127. The Morgan fingerprint density at radius 1 is 1.21 bits per heavy atom. The van der Waals surface area contributed by atoms with Crippen molar-refractivity contribution >= 4 is 29.9 Å². The van der Waals surface area contributed by atoms with E-state index in [4.69, 9.17) is 9.47 Å². The molecule has 0 spiro atoms. The lowest BCUT2D eigenvalue weighted by atomic mass is 10.1. The molecule has 28 heavy (non-hydrogen) atoms. The Hall–Kier alpha value is -0.900. The van der Waals surface area contributed by atoms with Crippen molar-refractivity contribution in [3.05, 3.63) is 35.4 Å². The van der Waals surface area contributed by atoms with Gasteiger partial charge in [0.15, 0.2) is 5.96 Å². The van der Waals surface area contributed by atoms with Gasteiger partial charge in [-0.2, -0.15) is 0 Å². The molecule has 0 atom stereocenters. The average Bonchev–Trinajstić information content (AvgIpc) is 3.52. The maximum Gasteiger partial charge on any atom is 0.191 e. The summed E-state index contributed by atoms with van der Waals surface area (Å²) in [5, 5.41) is 6.76. The number of guanidine groups is 1. The van der Waals surface area contributed by atoms with Crippen molar-refractivity contribution in [3.8, 4) is 0 Å². The molecule has 0 amide bonds. The van der Waals surface area contributed by atoms with Crippen LogP contribution in [0.15, 0.2) is 29.3 Å². The van der Waals surface area contributed by atoms with Gasteiger partial charge in [-0.05, 0) is 36.3 Å². The minimum atomic E-state index is 0. The van der Waals surface area contributed by atoms with E-state index < -0.39 is 0 Å². The number of rotatable bonds is 10. The summed E-state index contributed by atoms with van der Waals surface area (Å²) in [6.45, 7) is 8.12. The second kappa shape index (κ2) is 13.3. The van der Waals surface area contributed by atoms with E-state index in [1.807, 2.05) is 7.05 Å². The predicted molar refractivity (Wildman–Crippen MR) is 124 cm³/mol. The number of nitrogens with one attached hydrogen (secondary N) is 2. The summed E-state index contributed by atoms with van der Waals surface area (Å²) in [6, 6.07) is 8.78. The van der Waals surface area contributed by atoms with Gasteiger partial charge in [0.25, 0.3) is 0 Å². The predicted octanol–water partition coefficient (Wildman–Crippen LogP) is 2.62. The van der Waals surface area contributed by atoms with E-state index in [2.05, 4.69) is 44.8 Å². The molecule has 2 fully saturated rings. The Morgan fingerprint density at radius 3 is 2.75 bits per heavy atom. The highest BCUT2D eigenvalue weighted by Gasteiger charge is 2.20. The summed E-state index contributed by atoms with van der Waals surface area (Å²) in [5.41, 5.74) is 2.63. The van der Waals surface area contributed by atoms with Crippen molar-refractivity contribution in [2.24, 2.45) is 10.9 Å².